The van der Waals surface area contributed by atoms with Crippen molar-refractivity contribution in [3.05, 3.63) is 83.4 Å². The third kappa shape index (κ3) is 5.19. The van der Waals surface area contributed by atoms with Gasteiger partial charge in [-0.25, -0.2) is 0 Å². The zero-order valence-corrected chi connectivity index (χ0v) is 16.0. The van der Waals surface area contributed by atoms with Crippen molar-refractivity contribution in [3.63, 3.8) is 0 Å². The molecule has 0 unspecified atom stereocenters. The van der Waals surface area contributed by atoms with Crippen LogP contribution in [0.1, 0.15) is 10.4 Å². The summed E-state index contributed by atoms with van der Waals surface area (Å²) in [7, 11) is 0. The fraction of sp³-hybridized carbons (Fsp3) is 0. The number of rotatable bonds is 6. The van der Waals surface area contributed by atoms with E-state index < -0.39 is 0 Å². The first kappa shape index (κ1) is 18.7. The molecule has 1 amide bonds. The molecular formula is C19H16ClN3OS2. The molecule has 4 N–H and O–H groups in total. The van der Waals surface area contributed by atoms with Crippen LogP contribution >= 0.6 is 35.5 Å². The predicted molar refractivity (Wildman–Crippen MR) is 112 cm³/mol. The summed E-state index contributed by atoms with van der Waals surface area (Å²) < 4.78 is 3.23. The van der Waals surface area contributed by atoms with Crippen LogP contribution in [0.4, 0.5) is 11.4 Å². The van der Waals surface area contributed by atoms with E-state index in [0.717, 1.165) is 27.4 Å². The van der Waals surface area contributed by atoms with E-state index in [9.17, 15) is 4.79 Å². The molecule has 3 aromatic rings. The van der Waals surface area contributed by atoms with Gasteiger partial charge in [0.1, 0.15) is 0 Å². The zero-order chi connectivity index (χ0) is 18.4. The Labute approximate surface area is 165 Å². The Morgan fingerprint density at radius 3 is 2.31 bits per heavy atom. The second kappa shape index (κ2) is 9.00. The summed E-state index contributed by atoms with van der Waals surface area (Å²) in [6.07, 6.45) is 0. The van der Waals surface area contributed by atoms with Gasteiger partial charge in [-0.15, -0.1) is 0 Å². The van der Waals surface area contributed by atoms with Crippen LogP contribution in [0, 0.1) is 0 Å². The molecule has 4 nitrogen and oxygen atoms in total. The van der Waals surface area contributed by atoms with Crippen molar-refractivity contribution in [2.45, 2.75) is 9.79 Å². The summed E-state index contributed by atoms with van der Waals surface area (Å²) in [5.74, 6) is -0.161. The maximum absolute atomic E-state index is 12.4. The van der Waals surface area contributed by atoms with Gasteiger partial charge in [-0.1, -0.05) is 17.7 Å². The third-order valence-corrected chi connectivity index (χ3v) is 5.10. The third-order valence-electron chi connectivity index (χ3n) is 3.48. The number of halogens is 1. The Morgan fingerprint density at radius 1 is 0.885 bits per heavy atom. The van der Waals surface area contributed by atoms with E-state index in [4.69, 9.17) is 16.7 Å². The first-order valence-corrected chi connectivity index (χ1v) is 9.78. The second-order valence-corrected chi connectivity index (χ2v) is 7.36. The van der Waals surface area contributed by atoms with Gasteiger partial charge in [0, 0.05) is 31.8 Å². The largest absolute Gasteiger partial charge is 0.326 e. The smallest absolute Gasteiger partial charge is 0.255 e. The van der Waals surface area contributed by atoms with Crippen molar-refractivity contribution < 1.29 is 4.79 Å². The lowest BCUT2D eigenvalue weighted by Crippen LogP contribution is -2.11. The minimum Gasteiger partial charge on any atom is -0.326 e. The molecule has 3 aromatic carbocycles. The minimum atomic E-state index is -0.161. The summed E-state index contributed by atoms with van der Waals surface area (Å²) in [5, 5.41) is 9.12. The Bertz CT molecular complexity index is 886. The van der Waals surface area contributed by atoms with Gasteiger partial charge in [0.2, 0.25) is 0 Å². The summed E-state index contributed by atoms with van der Waals surface area (Å²) in [6.45, 7) is 0. The van der Waals surface area contributed by atoms with Gasteiger partial charge < -0.3 is 10.0 Å². The van der Waals surface area contributed by atoms with Crippen LogP contribution in [0.5, 0.6) is 0 Å². The normalized spacial score (nSPS) is 10.4. The highest BCUT2D eigenvalue weighted by Crippen LogP contribution is 2.23. The maximum Gasteiger partial charge on any atom is 0.255 e. The van der Waals surface area contributed by atoms with Crippen LogP contribution in [-0.2, 0) is 0 Å². The number of hydrogen-bond donors (Lipinski definition) is 3. The van der Waals surface area contributed by atoms with Gasteiger partial charge in [0.05, 0.1) is 0 Å². The highest BCUT2D eigenvalue weighted by Gasteiger charge is 2.07. The molecule has 0 aliphatic rings. The molecule has 7 heteroatoms. The molecule has 0 aromatic heterocycles. The molecule has 0 bridgehead atoms. The van der Waals surface area contributed by atoms with Crippen LogP contribution in [0.25, 0.3) is 0 Å². The molecule has 0 aliphatic heterocycles. The summed E-state index contributed by atoms with van der Waals surface area (Å²) >= 11 is 8.48. The van der Waals surface area contributed by atoms with Crippen molar-refractivity contribution in [2.75, 3.05) is 10.0 Å². The molecular weight excluding hydrogens is 386 g/mol. The van der Waals surface area contributed by atoms with Gasteiger partial charge in [-0.05, 0) is 90.6 Å². The molecule has 132 valence electrons. The van der Waals surface area contributed by atoms with Gasteiger partial charge in [0.15, 0.2) is 0 Å². The van der Waals surface area contributed by atoms with Crippen molar-refractivity contribution in [1.82, 2.24) is 0 Å². The number of carbonyl (C=O) groups is 1. The predicted octanol–water partition coefficient (Wildman–Crippen LogP) is 5.68. The van der Waals surface area contributed by atoms with Gasteiger partial charge in [-0.3, -0.25) is 9.93 Å². The van der Waals surface area contributed by atoms with E-state index >= 15 is 0 Å². The highest BCUT2D eigenvalue weighted by molar-refractivity contribution is 8.00. The van der Waals surface area contributed by atoms with E-state index in [2.05, 4.69) is 10.0 Å². The quantitative estimate of drug-likeness (QED) is 0.464. The molecule has 0 atom stereocenters. The lowest BCUT2D eigenvalue weighted by atomic mass is 10.2. The number of hydrogen-bond acceptors (Lipinski definition) is 5. The molecule has 0 saturated carbocycles. The zero-order valence-electron chi connectivity index (χ0n) is 13.6. The van der Waals surface area contributed by atoms with E-state index in [-0.39, 0.29) is 5.91 Å². The maximum atomic E-state index is 12.4. The number of amides is 1. The molecule has 0 heterocycles. The summed E-state index contributed by atoms with van der Waals surface area (Å²) in [6, 6.07) is 22.3. The molecule has 0 saturated heterocycles. The average Bonchev–Trinajstić information content (AvgIpc) is 2.68. The van der Waals surface area contributed by atoms with Gasteiger partial charge in [0.25, 0.3) is 5.91 Å². The van der Waals surface area contributed by atoms with Crippen LogP contribution in [0.15, 0.2) is 82.6 Å². The summed E-state index contributed by atoms with van der Waals surface area (Å²) in [4.78, 5) is 14.2. The molecule has 0 fully saturated rings. The fourth-order valence-corrected chi connectivity index (χ4v) is 3.28. The summed E-state index contributed by atoms with van der Waals surface area (Å²) in [5.41, 5.74) is 2.26. The first-order chi connectivity index (χ1) is 12.6. The molecule has 26 heavy (non-hydrogen) atoms. The van der Waals surface area contributed by atoms with Gasteiger partial charge >= 0.3 is 0 Å². The van der Waals surface area contributed by atoms with Crippen LogP contribution in [0.3, 0.4) is 0 Å². The lowest BCUT2D eigenvalue weighted by molar-refractivity contribution is 0.102. The molecule has 3 rings (SSSR count). The number of benzene rings is 3. The van der Waals surface area contributed by atoms with E-state index in [1.54, 1.807) is 12.1 Å². The van der Waals surface area contributed by atoms with E-state index in [1.807, 2.05) is 60.7 Å². The first-order valence-electron chi connectivity index (χ1n) is 7.71. The highest BCUT2D eigenvalue weighted by atomic mass is 35.5. The Morgan fingerprint density at radius 2 is 1.62 bits per heavy atom. The second-order valence-electron chi connectivity index (χ2n) is 5.34. The van der Waals surface area contributed by atoms with Crippen molar-refractivity contribution in [2.24, 2.45) is 5.14 Å². The molecule has 0 spiro atoms. The van der Waals surface area contributed by atoms with Gasteiger partial charge in [-0.2, -0.15) is 0 Å². The topological polar surface area (TPSA) is 67.1 Å². The molecule has 0 aliphatic carbocycles. The van der Waals surface area contributed by atoms with E-state index in [1.165, 1.54) is 11.9 Å². The Balaban J connectivity index is 1.59. The number of carbonyl (C=O) groups excluding carboxylic acids is 1. The number of nitrogens with two attached hydrogens (primary N) is 1. The van der Waals surface area contributed by atoms with E-state index in [0.29, 0.717) is 16.3 Å². The van der Waals surface area contributed by atoms with Crippen molar-refractivity contribution >= 4 is 52.8 Å². The average molecular weight is 402 g/mol. The van der Waals surface area contributed by atoms with Crippen LogP contribution in [0.2, 0.25) is 5.02 Å². The fourth-order valence-electron chi connectivity index (χ4n) is 2.16. The standard InChI is InChI=1S/C19H16ClN3OS2/c20-14-6-8-15(9-7-14)23-26-17-10-4-13(5-11-17)19(24)22-16-2-1-3-18(12-16)25-21/h1-12,23H,21H2,(H,22,24). The minimum absolute atomic E-state index is 0.161. The Hall–Kier alpha value is -2.12. The van der Waals surface area contributed by atoms with Crippen molar-refractivity contribution in [1.29, 1.82) is 0 Å². The number of nitrogens with one attached hydrogen (secondary N) is 2. The molecule has 0 radical (unpaired) electrons. The Kier molecular flexibility index (Phi) is 6.46. The SMILES string of the molecule is NSc1cccc(NC(=O)c2ccc(SNc3ccc(Cl)cc3)cc2)c1. The number of anilines is 2. The lowest BCUT2D eigenvalue weighted by Gasteiger charge is -2.08. The van der Waals surface area contributed by atoms with Crippen LogP contribution in [-0.4, -0.2) is 5.91 Å². The monoisotopic (exact) mass is 401 g/mol. The van der Waals surface area contributed by atoms with Crippen molar-refractivity contribution in [3.8, 4) is 0 Å². The van der Waals surface area contributed by atoms with Crippen LogP contribution < -0.4 is 15.2 Å².